The molecule has 1 aromatic heterocycles. The van der Waals surface area contributed by atoms with Crippen LogP contribution in [0.25, 0.3) is 16.6 Å². The average Bonchev–Trinajstić information content (AvgIpc) is 3.20. The summed E-state index contributed by atoms with van der Waals surface area (Å²) in [6.07, 6.45) is 5.92. The van der Waals surface area contributed by atoms with E-state index in [-0.39, 0.29) is 11.9 Å². The molecular weight excluding hydrogens is 418 g/mol. The van der Waals surface area contributed by atoms with Crippen LogP contribution in [0.4, 0.5) is 5.82 Å². The molecule has 0 N–H and O–H groups in total. The fourth-order valence-electron chi connectivity index (χ4n) is 4.70. The number of nitrogens with zero attached hydrogens (tertiary/aromatic N) is 3. The van der Waals surface area contributed by atoms with Gasteiger partial charge in [0.05, 0.1) is 17.6 Å². The molecular formula is C27H26ClN3O. The maximum Gasteiger partial charge on any atom is 0.232 e. The van der Waals surface area contributed by atoms with Crippen LogP contribution in [0.15, 0.2) is 78.9 Å². The van der Waals surface area contributed by atoms with E-state index in [2.05, 4.69) is 6.07 Å². The van der Waals surface area contributed by atoms with Crippen molar-refractivity contribution in [3.05, 3.63) is 89.4 Å². The van der Waals surface area contributed by atoms with Gasteiger partial charge in [-0.1, -0.05) is 73.3 Å². The molecule has 0 spiro atoms. The first-order valence-corrected chi connectivity index (χ1v) is 11.7. The van der Waals surface area contributed by atoms with Crippen LogP contribution in [0.5, 0.6) is 0 Å². The number of hydrogen-bond donors (Lipinski definition) is 0. The first-order chi connectivity index (χ1) is 15.7. The molecule has 0 aliphatic heterocycles. The van der Waals surface area contributed by atoms with Crippen LogP contribution in [0.1, 0.15) is 37.7 Å². The highest BCUT2D eigenvalue weighted by Crippen LogP contribution is 2.35. The SMILES string of the molecule is O=C(Cc1ccccc1)N(c1c2ccccc2nn1-c1ccc(Cl)cc1)C1CCCCC1. The van der Waals surface area contributed by atoms with Crippen molar-refractivity contribution in [1.29, 1.82) is 0 Å². The van der Waals surface area contributed by atoms with Crippen LogP contribution in [0, 0.1) is 0 Å². The van der Waals surface area contributed by atoms with E-state index in [1.54, 1.807) is 0 Å². The minimum atomic E-state index is 0.115. The second-order valence-corrected chi connectivity index (χ2v) is 8.88. The van der Waals surface area contributed by atoms with Gasteiger partial charge in [-0.3, -0.25) is 9.69 Å². The summed E-state index contributed by atoms with van der Waals surface area (Å²) >= 11 is 6.15. The van der Waals surface area contributed by atoms with E-state index in [1.807, 2.05) is 82.4 Å². The lowest BCUT2D eigenvalue weighted by Gasteiger charge is -2.35. The molecule has 3 aromatic carbocycles. The molecule has 4 nitrogen and oxygen atoms in total. The minimum absolute atomic E-state index is 0.115. The minimum Gasteiger partial charge on any atom is -0.293 e. The summed E-state index contributed by atoms with van der Waals surface area (Å²) in [5.41, 5.74) is 2.81. The number of halogens is 1. The molecule has 1 amide bonds. The van der Waals surface area contributed by atoms with E-state index >= 15 is 0 Å². The smallest absolute Gasteiger partial charge is 0.232 e. The number of carbonyl (C=O) groups is 1. The molecule has 5 heteroatoms. The molecule has 162 valence electrons. The van der Waals surface area contributed by atoms with Crippen molar-refractivity contribution in [3.63, 3.8) is 0 Å². The van der Waals surface area contributed by atoms with Crippen LogP contribution in [-0.4, -0.2) is 21.7 Å². The number of fused-ring (bicyclic) bond motifs is 1. The Morgan fingerprint density at radius 1 is 0.906 bits per heavy atom. The standard InChI is InChI=1S/C27H26ClN3O/c28-21-15-17-23(18-16-21)31-27(24-13-7-8-14-25(24)29-31)30(22-11-5-2-6-12-22)26(32)19-20-9-3-1-4-10-20/h1,3-4,7-10,13-18,22H,2,5-6,11-12,19H2. The van der Waals surface area contributed by atoms with Crippen LogP contribution in [0.3, 0.4) is 0 Å². The summed E-state index contributed by atoms with van der Waals surface area (Å²) < 4.78 is 1.92. The molecule has 1 saturated carbocycles. The van der Waals surface area contributed by atoms with Crippen molar-refractivity contribution in [2.45, 2.75) is 44.6 Å². The van der Waals surface area contributed by atoms with Gasteiger partial charge in [-0.2, -0.15) is 5.10 Å². The van der Waals surface area contributed by atoms with Gasteiger partial charge in [0.25, 0.3) is 0 Å². The lowest BCUT2D eigenvalue weighted by Crippen LogP contribution is -2.43. The molecule has 1 aliphatic carbocycles. The molecule has 1 heterocycles. The zero-order valence-corrected chi connectivity index (χ0v) is 18.7. The Bertz CT molecular complexity index is 1210. The Labute approximate surface area is 193 Å². The second-order valence-electron chi connectivity index (χ2n) is 8.45. The Morgan fingerprint density at radius 3 is 2.34 bits per heavy atom. The van der Waals surface area contributed by atoms with E-state index in [0.717, 1.165) is 53.7 Å². The third-order valence-electron chi connectivity index (χ3n) is 6.26. The van der Waals surface area contributed by atoms with Crippen LogP contribution in [-0.2, 0) is 11.2 Å². The molecule has 0 unspecified atom stereocenters. The van der Waals surface area contributed by atoms with E-state index in [9.17, 15) is 4.79 Å². The monoisotopic (exact) mass is 443 g/mol. The molecule has 0 bridgehead atoms. The van der Waals surface area contributed by atoms with Crippen molar-refractivity contribution < 1.29 is 4.79 Å². The van der Waals surface area contributed by atoms with Crippen LogP contribution >= 0.6 is 11.6 Å². The summed E-state index contributed by atoms with van der Waals surface area (Å²) in [4.78, 5) is 15.9. The summed E-state index contributed by atoms with van der Waals surface area (Å²) in [5.74, 6) is 0.972. The van der Waals surface area contributed by atoms with E-state index in [0.29, 0.717) is 11.4 Å². The molecule has 5 rings (SSSR count). The number of carbonyl (C=O) groups excluding carboxylic acids is 1. The predicted octanol–water partition coefficient (Wildman–Crippen LogP) is 6.59. The molecule has 32 heavy (non-hydrogen) atoms. The predicted molar refractivity (Wildman–Crippen MR) is 131 cm³/mol. The van der Waals surface area contributed by atoms with Gasteiger partial charge in [0.15, 0.2) is 0 Å². The normalized spacial score (nSPS) is 14.5. The van der Waals surface area contributed by atoms with Crippen molar-refractivity contribution in [3.8, 4) is 5.69 Å². The highest BCUT2D eigenvalue weighted by atomic mass is 35.5. The number of hydrogen-bond acceptors (Lipinski definition) is 2. The van der Waals surface area contributed by atoms with E-state index < -0.39 is 0 Å². The first kappa shape index (κ1) is 20.8. The summed E-state index contributed by atoms with van der Waals surface area (Å²) in [5, 5.41) is 6.57. The van der Waals surface area contributed by atoms with Gasteiger partial charge in [0.2, 0.25) is 5.91 Å². The Kier molecular flexibility index (Phi) is 5.95. The Balaban J connectivity index is 1.66. The van der Waals surface area contributed by atoms with Crippen molar-refractivity contribution >= 4 is 34.2 Å². The maximum absolute atomic E-state index is 13.9. The van der Waals surface area contributed by atoms with Crippen molar-refractivity contribution in [2.75, 3.05) is 4.90 Å². The molecule has 1 fully saturated rings. The third kappa shape index (κ3) is 4.15. The zero-order valence-electron chi connectivity index (χ0n) is 18.0. The average molecular weight is 444 g/mol. The second kappa shape index (κ2) is 9.17. The Morgan fingerprint density at radius 2 is 1.59 bits per heavy atom. The topological polar surface area (TPSA) is 38.1 Å². The number of amides is 1. The van der Waals surface area contributed by atoms with Gasteiger partial charge in [-0.15, -0.1) is 0 Å². The Hall–Kier alpha value is -3.11. The first-order valence-electron chi connectivity index (χ1n) is 11.3. The van der Waals surface area contributed by atoms with Gasteiger partial charge >= 0.3 is 0 Å². The van der Waals surface area contributed by atoms with Gasteiger partial charge < -0.3 is 0 Å². The van der Waals surface area contributed by atoms with Crippen LogP contribution < -0.4 is 4.90 Å². The van der Waals surface area contributed by atoms with Gasteiger partial charge in [0.1, 0.15) is 5.82 Å². The fraction of sp³-hybridized carbons (Fsp3) is 0.259. The van der Waals surface area contributed by atoms with Crippen molar-refractivity contribution in [2.24, 2.45) is 0 Å². The number of benzene rings is 3. The highest BCUT2D eigenvalue weighted by Gasteiger charge is 2.31. The van der Waals surface area contributed by atoms with Crippen molar-refractivity contribution in [1.82, 2.24) is 9.78 Å². The summed E-state index contributed by atoms with van der Waals surface area (Å²) in [7, 11) is 0. The highest BCUT2D eigenvalue weighted by molar-refractivity contribution is 6.30. The fourth-order valence-corrected chi connectivity index (χ4v) is 4.83. The largest absolute Gasteiger partial charge is 0.293 e. The maximum atomic E-state index is 13.9. The summed E-state index contributed by atoms with van der Waals surface area (Å²) in [6, 6.07) is 25.9. The number of anilines is 1. The number of aromatic nitrogens is 2. The molecule has 0 atom stereocenters. The lowest BCUT2D eigenvalue weighted by molar-refractivity contribution is -0.118. The molecule has 0 saturated heterocycles. The quantitative estimate of drug-likeness (QED) is 0.349. The molecule has 4 aromatic rings. The lowest BCUT2D eigenvalue weighted by atomic mass is 9.93. The molecule has 1 aliphatic rings. The van der Waals surface area contributed by atoms with E-state index in [1.165, 1.54) is 6.42 Å². The summed E-state index contributed by atoms with van der Waals surface area (Å²) in [6.45, 7) is 0. The van der Waals surface area contributed by atoms with Gasteiger partial charge in [0, 0.05) is 16.5 Å². The van der Waals surface area contributed by atoms with Gasteiger partial charge in [-0.05, 0) is 54.8 Å². The zero-order chi connectivity index (χ0) is 21.9. The van der Waals surface area contributed by atoms with Gasteiger partial charge in [-0.25, -0.2) is 4.68 Å². The third-order valence-corrected chi connectivity index (χ3v) is 6.51. The van der Waals surface area contributed by atoms with Crippen LogP contribution in [0.2, 0.25) is 5.02 Å². The van der Waals surface area contributed by atoms with E-state index in [4.69, 9.17) is 16.7 Å². The number of rotatable bonds is 5. The molecule has 0 radical (unpaired) electrons.